The van der Waals surface area contributed by atoms with E-state index >= 15 is 0 Å². The van der Waals surface area contributed by atoms with Gasteiger partial charge < -0.3 is 4.98 Å². The highest BCUT2D eigenvalue weighted by Crippen LogP contribution is 2.34. The maximum atomic E-state index is 13.8. The second-order valence-electron chi connectivity index (χ2n) is 7.22. The molecule has 0 spiro atoms. The highest BCUT2D eigenvalue weighted by molar-refractivity contribution is 6.00. The van der Waals surface area contributed by atoms with Gasteiger partial charge in [-0.2, -0.15) is 5.10 Å². The lowest BCUT2D eigenvalue weighted by molar-refractivity contribution is 0.628. The fourth-order valence-corrected chi connectivity index (χ4v) is 3.85. The van der Waals surface area contributed by atoms with Crippen LogP contribution in [-0.4, -0.2) is 30.1 Å². The average Bonchev–Trinajstić information content (AvgIpc) is 3.43. The smallest absolute Gasteiger partial charge is 0.135 e. The van der Waals surface area contributed by atoms with E-state index in [0.29, 0.717) is 11.4 Å². The molecule has 31 heavy (non-hydrogen) atoms. The van der Waals surface area contributed by atoms with E-state index in [-0.39, 0.29) is 5.82 Å². The van der Waals surface area contributed by atoms with Gasteiger partial charge in [-0.3, -0.25) is 15.1 Å². The van der Waals surface area contributed by atoms with Gasteiger partial charge in [0.15, 0.2) is 0 Å². The Morgan fingerprint density at radius 3 is 2.65 bits per heavy atom. The summed E-state index contributed by atoms with van der Waals surface area (Å²) in [6.45, 7) is 0. The molecule has 4 heterocycles. The van der Waals surface area contributed by atoms with Crippen molar-refractivity contribution in [2.45, 2.75) is 0 Å². The number of pyridine rings is 1. The van der Waals surface area contributed by atoms with Gasteiger partial charge in [-0.1, -0.05) is 24.3 Å². The Balaban J connectivity index is 1.52. The fourth-order valence-electron chi connectivity index (χ4n) is 3.85. The number of nitrogens with zero attached hydrogens (tertiary/aromatic N) is 4. The lowest BCUT2D eigenvalue weighted by Crippen LogP contribution is -1.89. The molecular weight excluding hydrogens is 391 g/mol. The highest BCUT2D eigenvalue weighted by Gasteiger charge is 2.15. The van der Waals surface area contributed by atoms with Crippen LogP contribution < -0.4 is 0 Å². The van der Waals surface area contributed by atoms with Crippen molar-refractivity contribution in [1.29, 1.82) is 0 Å². The molecule has 0 aliphatic carbocycles. The third-order valence-corrected chi connectivity index (χ3v) is 5.29. The number of hydrogen-bond donors (Lipinski definition) is 2. The van der Waals surface area contributed by atoms with E-state index in [0.717, 1.165) is 44.5 Å². The van der Waals surface area contributed by atoms with E-state index in [2.05, 4.69) is 25.1 Å². The molecule has 0 aliphatic rings. The second kappa shape index (κ2) is 6.84. The van der Waals surface area contributed by atoms with E-state index in [1.807, 2.05) is 42.5 Å². The largest absolute Gasteiger partial charge is 0.353 e. The molecule has 2 aromatic carbocycles. The number of H-pyrrole nitrogens is 2. The molecule has 0 amide bonds. The van der Waals surface area contributed by atoms with Crippen molar-refractivity contribution < 1.29 is 4.39 Å². The van der Waals surface area contributed by atoms with Crippen LogP contribution in [0, 0.1) is 5.82 Å². The third-order valence-electron chi connectivity index (χ3n) is 5.29. The van der Waals surface area contributed by atoms with Gasteiger partial charge in [0.2, 0.25) is 0 Å². The van der Waals surface area contributed by atoms with Crippen LogP contribution in [0.4, 0.5) is 4.39 Å². The van der Waals surface area contributed by atoms with Crippen LogP contribution in [0.2, 0.25) is 0 Å². The molecule has 6 nitrogen and oxygen atoms in total. The zero-order chi connectivity index (χ0) is 20.8. The number of aromatic nitrogens is 6. The van der Waals surface area contributed by atoms with Crippen LogP contribution >= 0.6 is 0 Å². The van der Waals surface area contributed by atoms with E-state index in [1.165, 1.54) is 6.07 Å². The first-order valence-corrected chi connectivity index (χ1v) is 9.76. The van der Waals surface area contributed by atoms with Crippen molar-refractivity contribution >= 4 is 21.9 Å². The number of benzene rings is 2. The lowest BCUT2D eigenvalue weighted by Gasteiger charge is -2.03. The molecule has 7 heteroatoms. The fraction of sp³-hybridized carbons (Fsp3) is 0. The third kappa shape index (κ3) is 2.95. The maximum absolute atomic E-state index is 13.8. The Morgan fingerprint density at radius 1 is 0.839 bits per heavy atom. The van der Waals surface area contributed by atoms with Crippen molar-refractivity contribution in [3.8, 4) is 33.9 Å². The van der Waals surface area contributed by atoms with E-state index in [9.17, 15) is 4.39 Å². The summed E-state index contributed by atoms with van der Waals surface area (Å²) < 4.78 is 13.8. The zero-order valence-corrected chi connectivity index (χ0v) is 16.2. The molecular formula is C24H15FN6. The van der Waals surface area contributed by atoms with Crippen LogP contribution in [0.15, 0.2) is 79.3 Å². The van der Waals surface area contributed by atoms with E-state index in [4.69, 9.17) is 4.98 Å². The van der Waals surface area contributed by atoms with Crippen LogP contribution in [0.3, 0.4) is 0 Å². The van der Waals surface area contributed by atoms with Crippen molar-refractivity contribution in [2.75, 3.05) is 0 Å². The van der Waals surface area contributed by atoms with Gasteiger partial charge in [-0.05, 0) is 47.5 Å². The number of halogens is 1. The molecule has 148 valence electrons. The molecule has 0 bridgehead atoms. The molecule has 6 aromatic rings. The number of fused-ring (bicyclic) bond motifs is 2. The summed E-state index contributed by atoms with van der Waals surface area (Å²) in [6, 6.07) is 18.4. The van der Waals surface area contributed by atoms with Crippen LogP contribution in [0.25, 0.3) is 55.8 Å². The van der Waals surface area contributed by atoms with Gasteiger partial charge in [-0.25, -0.2) is 9.37 Å². The van der Waals surface area contributed by atoms with Crippen LogP contribution in [0.1, 0.15) is 0 Å². The monoisotopic (exact) mass is 406 g/mol. The molecule has 0 radical (unpaired) electrons. The van der Waals surface area contributed by atoms with Gasteiger partial charge >= 0.3 is 0 Å². The summed E-state index contributed by atoms with van der Waals surface area (Å²) in [5, 5.41) is 8.53. The molecule has 0 atom stereocenters. The number of hydrogen-bond acceptors (Lipinski definition) is 4. The minimum absolute atomic E-state index is 0.260. The molecule has 4 aromatic heterocycles. The van der Waals surface area contributed by atoms with Crippen molar-refractivity contribution in [1.82, 2.24) is 30.1 Å². The summed E-state index contributed by atoms with van der Waals surface area (Å²) in [5.41, 5.74) is 7.24. The summed E-state index contributed by atoms with van der Waals surface area (Å²) >= 11 is 0. The van der Waals surface area contributed by atoms with Crippen molar-refractivity contribution in [2.24, 2.45) is 0 Å². The number of aromatic amines is 2. The van der Waals surface area contributed by atoms with Crippen LogP contribution in [0.5, 0.6) is 0 Å². The first-order valence-electron chi connectivity index (χ1n) is 9.76. The Morgan fingerprint density at radius 2 is 1.77 bits per heavy atom. The Labute approximate surface area is 175 Å². The molecule has 0 saturated carbocycles. The quantitative estimate of drug-likeness (QED) is 0.414. The topological polar surface area (TPSA) is 83.1 Å². The standard InChI is InChI=1S/C24H15FN6/c25-15-4-1-3-14(11-15)16-5-2-6-18-17(16)12-21(28-18)24-23-20(30-31-24)8-7-19(29-23)22-13-26-9-10-27-22/h1-13,28H,(H,30,31). The molecule has 0 fully saturated rings. The van der Waals surface area contributed by atoms with E-state index < -0.39 is 0 Å². The summed E-state index contributed by atoms with van der Waals surface area (Å²) in [6.07, 6.45) is 4.96. The minimum atomic E-state index is -0.260. The Kier molecular flexibility index (Phi) is 3.86. The predicted molar refractivity (Wildman–Crippen MR) is 118 cm³/mol. The zero-order valence-electron chi connectivity index (χ0n) is 16.2. The predicted octanol–water partition coefficient (Wildman–Crippen LogP) is 5.37. The summed E-state index contributed by atoms with van der Waals surface area (Å²) in [7, 11) is 0. The Hall–Kier alpha value is -4.39. The maximum Gasteiger partial charge on any atom is 0.135 e. The molecule has 0 saturated heterocycles. The first-order chi connectivity index (χ1) is 15.3. The SMILES string of the molecule is Fc1cccc(-c2cccc3[nH]c(-c4n[nH]c5ccc(-c6cnccn6)nc45)cc23)c1. The van der Waals surface area contributed by atoms with Crippen molar-refractivity contribution in [3.63, 3.8) is 0 Å². The van der Waals surface area contributed by atoms with Gasteiger partial charge in [0, 0.05) is 23.3 Å². The summed E-state index contributed by atoms with van der Waals surface area (Å²) in [4.78, 5) is 16.7. The van der Waals surface area contributed by atoms with Gasteiger partial charge in [0.05, 0.1) is 23.1 Å². The second-order valence-corrected chi connectivity index (χ2v) is 7.22. The average molecular weight is 406 g/mol. The first kappa shape index (κ1) is 17.5. The van der Waals surface area contributed by atoms with Gasteiger partial charge in [-0.15, -0.1) is 0 Å². The number of nitrogens with one attached hydrogen (secondary N) is 2. The van der Waals surface area contributed by atoms with E-state index in [1.54, 1.807) is 30.7 Å². The van der Waals surface area contributed by atoms with Crippen molar-refractivity contribution in [3.05, 3.63) is 85.1 Å². The van der Waals surface area contributed by atoms with Gasteiger partial charge in [0.25, 0.3) is 0 Å². The highest BCUT2D eigenvalue weighted by atomic mass is 19.1. The van der Waals surface area contributed by atoms with Gasteiger partial charge in [0.1, 0.15) is 22.7 Å². The minimum Gasteiger partial charge on any atom is -0.353 e. The normalized spacial score (nSPS) is 11.4. The lowest BCUT2D eigenvalue weighted by atomic mass is 10.0. The summed E-state index contributed by atoms with van der Waals surface area (Å²) in [5.74, 6) is -0.260. The Bertz CT molecular complexity index is 1550. The molecule has 0 unspecified atom stereocenters. The molecule has 2 N–H and O–H groups in total. The molecule has 6 rings (SSSR count). The molecule has 0 aliphatic heterocycles. The van der Waals surface area contributed by atoms with Crippen LogP contribution in [-0.2, 0) is 0 Å². The number of rotatable bonds is 3.